The Kier molecular flexibility index (Phi) is 4.33. The van der Waals surface area contributed by atoms with E-state index < -0.39 is 11.5 Å². The molecule has 0 bridgehead atoms. The minimum absolute atomic E-state index is 0.406. The van der Waals surface area contributed by atoms with Crippen molar-refractivity contribution in [1.29, 1.82) is 0 Å². The van der Waals surface area contributed by atoms with Gasteiger partial charge in [0.2, 0.25) is 6.41 Å². The summed E-state index contributed by atoms with van der Waals surface area (Å²) in [5, 5.41) is 2.46. The van der Waals surface area contributed by atoms with Gasteiger partial charge < -0.3 is 10.1 Å². The van der Waals surface area contributed by atoms with Gasteiger partial charge in [-0.1, -0.05) is 13.3 Å². The van der Waals surface area contributed by atoms with Crippen LogP contribution >= 0.6 is 0 Å². The molecule has 0 aliphatic carbocycles. The predicted molar refractivity (Wildman–Crippen MR) is 44.5 cm³/mol. The molecule has 0 aliphatic heterocycles. The summed E-state index contributed by atoms with van der Waals surface area (Å²) >= 11 is 0. The van der Waals surface area contributed by atoms with Gasteiger partial charge in [0.25, 0.3) is 0 Å². The zero-order valence-corrected chi connectivity index (χ0v) is 7.72. The van der Waals surface area contributed by atoms with Crippen LogP contribution in [0.1, 0.15) is 26.7 Å². The molecule has 0 fully saturated rings. The predicted octanol–water partition coefficient (Wildman–Crippen LogP) is 0.464. The zero-order chi connectivity index (χ0) is 9.61. The fraction of sp³-hybridized carbons (Fsp3) is 0.750. The number of carbonyl (C=O) groups is 2. The molecule has 0 aromatic carbocycles. The third-order valence-corrected chi connectivity index (χ3v) is 1.76. The Morgan fingerprint density at radius 1 is 1.67 bits per heavy atom. The van der Waals surface area contributed by atoms with Gasteiger partial charge in [-0.2, -0.15) is 0 Å². The standard InChI is InChI=1S/C8H15NO3/c1-4-5-8(2,9-6-10)7(11)12-3/h6H,4-5H2,1-3H3,(H,9,10). The van der Waals surface area contributed by atoms with Gasteiger partial charge in [0.15, 0.2) is 0 Å². The highest BCUT2D eigenvalue weighted by molar-refractivity contribution is 5.82. The molecule has 4 nitrogen and oxygen atoms in total. The van der Waals surface area contributed by atoms with E-state index in [1.165, 1.54) is 7.11 Å². The van der Waals surface area contributed by atoms with Crippen molar-refractivity contribution in [3.63, 3.8) is 0 Å². The second-order valence-electron chi connectivity index (χ2n) is 2.84. The van der Waals surface area contributed by atoms with E-state index in [2.05, 4.69) is 10.1 Å². The van der Waals surface area contributed by atoms with Gasteiger partial charge in [-0.05, 0) is 13.3 Å². The molecule has 1 atom stereocenters. The molecule has 4 heteroatoms. The average Bonchev–Trinajstić information content (AvgIpc) is 2.04. The molecule has 0 radical (unpaired) electrons. The maximum absolute atomic E-state index is 11.2. The quantitative estimate of drug-likeness (QED) is 0.485. The normalized spacial score (nSPS) is 14.6. The van der Waals surface area contributed by atoms with Crippen LogP contribution in [0.2, 0.25) is 0 Å². The number of amides is 1. The maximum atomic E-state index is 11.2. The Hall–Kier alpha value is -1.06. The van der Waals surface area contributed by atoms with Crippen LogP contribution < -0.4 is 5.32 Å². The molecule has 1 N–H and O–H groups in total. The monoisotopic (exact) mass is 173 g/mol. The largest absolute Gasteiger partial charge is 0.467 e. The van der Waals surface area contributed by atoms with Crippen molar-refractivity contribution in [1.82, 2.24) is 5.32 Å². The molecule has 0 aromatic rings. The number of nitrogens with one attached hydrogen (secondary N) is 1. The molecule has 0 rings (SSSR count). The van der Waals surface area contributed by atoms with E-state index in [0.717, 1.165) is 6.42 Å². The average molecular weight is 173 g/mol. The van der Waals surface area contributed by atoms with Crippen molar-refractivity contribution < 1.29 is 14.3 Å². The first kappa shape index (κ1) is 10.9. The van der Waals surface area contributed by atoms with Crippen molar-refractivity contribution in [3.05, 3.63) is 0 Å². The summed E-state index contributed by atoms with van der Waals surface area (Å²) < 4.78 is 4.56. The van der Waals surface area contributed by atoms with E-state index in [9.17, 15) is 9.59 Å². The lowest BCUT2D eigenvalue weighted by atomic mass is 9.97. The van der Waals surface area contributed by atoms with Gasteiger partial charge in [-0.25, -0.2) is 4.79 Å². The minimum Gasteiger partial charge on any atom is -0.467 e. The summed E-state index contributed by atoms with van der Waals surface area (Å²) in [6, 6.07) is 0. The fourth-order valence-electron chi connectivity index (χ4n) is 1.09. The highest BCUT2D eigenvalue weighted by Gasteiger charge is 2.32. The van der Waals surface area contributed by atoms with Crippen LogP contribution in [0.25, 0.3) is 0 Å². The van der Waals surface area contributed by atoms with E-state index in [1.807, 2.05) is 6.92 Å². The Morgan fingerprint density at radius 2 is 2.25 bits per heavy atom. The van der Waals surface area contributed by atoms with Gasteiger partial charge >= 0.3 is 5.97 Å². The molecular formula is C8H15NO3. The lowest BCUT2D eigenvalue weighted by molar-refractivity contribution is -0.149. The molecule has 70 valence electrons. The Bertz CT molecular complexity index is 170. The van der Waals surface area contributed by atoms with E-state index in [1.54, 1.807) is 6.92 Å². The first-order chi connectivity index (χ1) is 5.60. The van der Waals surface area contributed by atoms with Crippen LogP contribution in [0.15, 0.2) is 0 Å². The molecular weight excluding hydrogens is 158 g/mol. The molecule has 0 aliphatic rings. The molecule has 1 amide bonds. The summed E-state index contributed by atoms with van der Waals surface area (Å²) in [6.45, 7) is 3.59. The molecule has 12 heavy (non-hydrogen) atoms. The van der Waals surface area contributed by atoms with E-state index in [-0.39, 0.29) is 0 Å². The Labute approximate surface area is 72.3 Å². The fourth-order valence-corrected chi connectivity index (χ4v) is 1.09. The minimum atomic E-state index is -0.870. The zero-order valence-electron chi connectivity index (χ0n) is 7.72. The number of hydrogen-bond acceptors (Lipinski definition) is 3. The lowest BCUT2D eigenvalue weighted by Gasteiger charge is -2.24. The van der Waals surface area contributed by atoms with Crippen molar-refractivity contribution in [2.24, 2.45) is 0 Å². The topological polar surface area (TPSA) is 55.4 Å². The number of rotatable bonds is 5. The van der Waals surface area contributed by atoms with E-state index in [0.29, 0.717) is 12.8 Å². The Morgan fingerprint density at radius 3 is 2.58 bits per heavy atom. The SMILES string of the molecule is CCCC(C)(NC=O)C(=O)OC. The summed E-state index contributed by atoms with van der Waals surface area (Å²) in [6.07, 6.45) is 1.91. The number of hydrogen-bond donors (Lipinski definition) is 1. The maximum Gasteiger partial charge on any atom is 0.331 e. The summed E-state index contributed by atoms with van der Waals surface area (Å²) in [4.78, 5) is 21.4. The second kappa shape index (κ2) is 4.74. The molecule has 1 unspecified atom stereocenters. The van der Waals surface area contributed by atoms with Crippen molar-refractivity contribution >= 4 is 12.4 Å². The van der Waals surface area contributed by atoms with Gasteiger partial charge in [0.1, 0.15) is 5.54 Å². The van der Waals surface area contributed by atoms with Crippen LogP contribution in [-0.2, 0) is 14.3 Å². The lowest BCUT2D eigenvalue weighted by Crippen LogP contribution is -2.49. The second-order valence-corrected chi connectivity index (χ2v) is 2.84. The molecule has 0 aromatic heterocycles. The number of ether oxygens (including phenoxy) is 1. The summed E-state index contributed by atoms with van der Waals surface area (Å²) in [5.74, 6) is -0.406. The Balaban J connectivity index is 4.36. The molecule has 0 saturated heterocycles. The van der Waals surface area contributed by atoms with Crippen LogP contribution in [-0.4, -0.2) is 25.0 Å². The third-order valence-electron chi connectivity index (χ3n) is 1.76. The number of carbonyl (C=O) groups excluding carboxylic acids is 2. The number of esters is 1. The first-order valence-corrected chi connectivity index (χ1v) is 3.90. The first-order valence-electron chi connectivity index (χ1n) is 3.90. The van der Waals surface area contributed by atoms with Crippen molar-refractivity contribution in [2.45, 2.75) is 32.2 Å². The van der Waals surface area contributed by atoms with Gasteiger partial charge in [0, 0.05) is 0 Å². The number of methoxy groups -OCH3 is 1. The van der Waals surface area contributed by atoms with Crippen LogP contribution in [0.3, 0.4) is 0 Å². The van der Waals surface area contributed by atoms with E-state index >= 15 is 0 Å². The van der Waals surface area contributed by atoms with Gasteiger partial charge in [-0.3, -0.25) is 4.79 Å². The summed E-state index contributed by atoms with van der Waals surface area (Å²) in [5.41, 5.74) is -0.870. The molecule has 0 heterocycles. The van der Waals surface area contributed by atoms with Crippen molar-refractivity contribution in [2.75, 3.05) is 7.11 Å². The summed E-state index contributed by atoms with van der Waals surface area (Å²) in [7, 11) is 1.31. The van der Waals surface area contributed by atoms with Crippen LogP contribution in [0, 0.1) is 0 Å². The van der Waals surface area contributed by atoms with E-state index in [4.69, 9.17) is 0 Å². The van der Waals surface area contributed by atoms with Crippen LogP contribution in [0.5, 0.6) is 0 Å². The van der Waals surface area contributed by atoms with Crippen LogP contribution in [0.4, 0.5) is 0 Å². The van der Waals surface area contributed by atoms with Gasteiger partial charge in [0.05, 0.1) is 7.11 Å². The third kappa shape index (κ3) is 2.53. The highest BCUT2D eigenvalue weighted by atomic mass is 16.5. The highest BCUT2D eigenvalue weighted by Crippen LogP contribution is 2.12. The molecule has 0 spiro atoms. The van der Waals surface area contributed by atoms with Gasteiger partial charge in [-0.15, -0.1) is 0 Å². The smallest absolute Gasteiger partial charge is 0.331 e. The van der Waals surface area contributed by atoms with Crippen molar-refractivity contribution in [3.8, 4) is 0 Å². The molecule has 0 saturated carbocycles.